The van der Waals surface area contributed by atoms with E-state index in [-0.39, 0.29) is 5.41 Å². The minimum atomic E-state index is -0.471. The molecule has 1 aliphatic rings. The standard InChI is InChI=1S/C7H10Cl2/c1-3-4-6(2)5-7(6,8)9/h3H,1,4-5H2,2H3/t6-/m0/s1. The Morgan fingerprint density at radius 2 is 2.11 bits per heavy atom. The molecular weight excluding hydrogens is 155 g/mol. The molecule has 0 aromatic heterocycles. The van der Waals surface area contributed by atoms with E-state index >= 15 is 0 Å². The summed E-state index contributed by atoms with van der Waals surface area (Å²) in [5.74, 6) is 0. The summed E-state index contributed by atoms with van der Waals surface area (Å²) in [6, 6.07) is 0. The molecule has 0 unspecified atom stereocenters. The van der Waals surface area contributed by atoms with Crippen LogP contribution >= 0.6 is 23.2 Å². The van der Waals surface area contributed by atoms with Gasteiger partial charge in [-0.15, -0.1) is 29.8 Å². The molecule has 52 valence electrons. The van der Waals surface area contributed by atoms with E-state index in [0.717, 1.165) is 12.8 Å². The van der Waals surface area contributed by atoms with Gasteiger partial charge in [0.25, 0.3) is 0 Å². The molecule has 0 spiro atoms. The highest BCUT2D eigenvalue weighted by Gasteiger charge is 2.61. The molecule has 1 fully saturated rings. The molecule has 0 aromatic carbocycles. The minimum Gasteiger partial charge on any atom is -0.103 e. The smallest absolute Gasteiger partial charge is 0.103 e. The SMILES string of the molecule is C=CC[C@@]1(C)CC1(Cl)Cl. The molecule has 0 saturated heterocycles. The Labute approximate surface area is 65.8 Å². The number of rotatable bonds is 2. The predicted molar refractivity (Wildman–Crippen MR) is 42.0 cm³/mol. The highest BCUT2D eigenvalue weighted by Crippen LogP contribution is 2.65. The maximum atomic E-state index is 5.84. The molecule has 0 nitrogen and oxygen atoms in total. The zero-order valence-electron chi connectivity index (χ0n) is 5.45. The van der Waals surface area contributed by atoms with Crippen molar-refractivity contribution in [2.24, 2.45) is 5.41 Å². The Kier molecular flexibility index (Phi) is 1.57. The normalized spacial score (nSPS) is 38.1. The van der Waals surface area contributed by atoms with Gasteiger partial charge in [0.1, 0.15) is 4.33 Å². The lowest BCUT2D eigenvalue weighted by atomic mass is 10.1. The second kappa shape index (κ2) is 1.90. The van der Waals surface area contributed by atoms with Crippen molar-refractivity contribution in [1.82, 2.24) is 0 Å². The summed E-state index contributed by atoms with van der Waals surface area (Å²) >= 11 is 11.7. The molecule has 0 bridgehead atoms. The van der Waals surface area contributed by atoms with Gasteiger partial charge in [0.15, 0.2) is 0 Å². The lowest BCUT2D eigenvalue weighted by molar-refractivity contribution is 0.575. The fourth-order valence-corrected chi connectivity index (χ4v) is 1.73. The molecule has 0 N–H and O–H groups in total. The van der Waals surface area contributed by atoms with E-state index in [1.807, 2.05) is 6.08 Å². The molecular formula is C7H10Cl2. The van der Waals surface area contributed by atoms with Gasteiger partial charge in [0.05, 0.1) is 0 Å². The van der Waals surface area contributed by atoms with Crippen LogP contribution in [0.15, 0.2) is 12.7 Å². The van der Waals surface area contributed by atoms with Crippen LogP contribution in [0.25, 0.3) is 0 Å². The van der Waals surface area contributed by atoms with Crippen LogP contribution in [0.5, 0.6) is 0 Å². The summed E-state index contributed by atoms with van der Waals surface area (Å²) in [6.07, 6.45) is 3.68. The Hall–Kier alpha value is 0.320. The van der Waals surface area contributed by atoms with Crippen LogP contribution in [0.1, 0.15) is 19.8 Å². The first-order valence-corrected chi connectivity index (χ1v) is 3.76. The zero-order valence-corrected chi connectivity index (χ0v) is 6.97. The molecule has 0 aromatic rings. The number of hydrogen-bond acceptors (Lipinski definition) is 0. The van der Waals surface area contributed by atoms with Crippen LogP contribution < -0.4 is 0 Å². The third kappa shape index (κ3) is 1.11. The Bertz CT molecular complexity index is 140. The first kappa shape index (κ1) is 7.43. The molecule has 0 radical (unpaired) electrons. The Morgan fingerprint density at radius 1 is 1.67 bits per heavy atom. The van der Waals surface area contributed by atoms with Crippen LogP contribution in [0.3, 0.4) is 0 Å². The lowest BCUT2D eigenvalue weighted by Gasteiger charge is -2.06. The fourth-order valence-electron chi connectivity index (χ4n) is 0.986. The molecule has 2 heteroatoms. The molecule has 1 aliphatic carbocycles. The largest absolute Gasteiger partial charge is 0.124 e. The Balaban J connectivity index is 2.52. The van der Waals surface area contributed by atoms with E-state index in [2.05, 4.69) is 13.5 Å². The van der Waals surface area contributed by atoms with Crippen LogP contribution in [-0.2, 0) is 0 Å². The van der Waals surface area contributed by atoms with Gasteiger partial charge in [-0.25, -0.2) is 0 Å². The molecule has 1 saturated carbocycles. The second-order valence-corrected chi connectivity index (χ2v) is 4.42. The van der Waals surface area contributed by atoms with E-state index < -0.39 is 4.33 Å². The first-order chi connectivity index (χ1) is 4.02. The van der Waals surface area contributed by atoms with E-state index in [1.54, 1.807) is 0 Å². The zero-order chi connectivity index (χ0) is 7.12. The van der Waals surface area contributed by atoms with Crippen molar-refractivity contribution in [1.29, 1.82) is 0 Å². The molecule has 0 aliphatic heterocycles. The second-order valence-electron chi connectivity index (χ2n) is 2.93. The van der Waals surface area contributed by atoms with Crippen molar-refractivity contribution in [3.63, 3.8) is 0 Å². The van der Waals surface area contributed by atoms with Crippen molar-refractivity contribution >= 4 is 23.2 Å². The maximum absolute atomic E-state index is 5.84. The van der Waals surface area contributed by atoms with Crippen molar-refractivity contribution in [3.8, 4) is 0 Å². The van der Waals surface area contributed by atoms with Gasteiger partial charge in [-0.05, 0) is 12.8 Å². The third-order valence-electron chi connectivity index (χ3n) is 1.97. The molecule has 9 heavy (non-hydrogen) atoms. The molecule has 0 amide bonds. The van der Waals surface area contributed by atoms with E-state index in [9.17, 15) is 0 Å². The van der Waals surface area contributed by atoms with E-state index in [1.165, 1.54) is 0 Å². The summed E-state index contributed by atoms with van der Waals surface area (Å²) in [4.78, 5) is 0. The highest BCUT2D eigenvalue weighted by atomic mass is 35.5. The van der Waals surface area contributed by atoms with E-state index in [4.69, 9.17) is 23.2 Å². The van der Waals surface area contributed by atoms with Gasteiger partial charge in [0.2, 0.25) is 0 Å². The third-order valence-corrected chi connectivity index (χ3v) is 3.14. The minimum absolute atomic E-state index is 0.109. The number of halogens is 2. The monoisotopic (exact) mass is 164 g/mol. The van der Waals surface area contributed by atoms with Gasteiger partial charge in [0, 0.05) is 5.41 Å². The molecule has 0 heterocycles. The maximum Gasteiger partial charge on any atom is 0.124 e. The number of hydrogen-bond donors (Lipinski definition) is 0. The van der Waals surface area contributed by atoms with Crippen LogP contribution in [0.4, 0.5) is 0 Å². The molecule has 1 atom stereocenters. The first-order valence-electron chi connectivity index (χ1n) is 3.01. The van der Waals surface area contributed by atoms with E-state index in [0.29, 0.717) is 0 Å². The van der Waals surface area contributed by atoms with Crippen molar-refractivity contribution in [2.75, 3.05) is 0 Å². The van der Waals surface area contributed by atoms with Gasteiger partial charge in [-0.3, -0.25) is 0 Å². The summed E-state index contributed by atoms with van der Waals surface area (Å²) in [6.45, 7) is 5.71. The van der Waals surface area contributed by atoms with Crippen LogP contribution in [0, 0.1) is 5.41 Å². The van der Waals surface area contributed by atoms with Crippen LogP contribution in [-0.4, -0.2) is 4.33 Å². The topological polar surface area (TPSA) is 0 Å². The van der Waals surface area contributed by atoms with Crippen molar-refractivity contribution in [2.45, 2.75) is 24.1 Å². The average Bonchev–Trinajstić information content (AvgIpc) is 2.07. The Morgan fingerprint density at radius 3 is 2.22 bits per heavy atom. The van der Waals surface area contributed by atoms with Gasteiger partial charge in [-0.2, -0.15) is 0 Å². The average molecular weight is 165 g/mol. The quantitative estimate of drug-likeness (QED) is 0.435. The van der Waals surface area contributed by atoms with Crippen LogP contribution in [0.2, 0.25) is 0 Å². The summed E-state index contributed by atoms with van der Waals surface area (Å²) < 4.78 is -0.471. The van der Waals surface area contributed by atoms with Crippen molar-refractivity contribution in [3.05, 3.63) is 12.7 Å². The lowest BCUT2D eigenvalue weighted by Crippen LogP contribution is -2.01. The van der Waals surface area contributed by atoms with Crippen molar-refractivity contribution < 1.29 is 0 Å². The number of alkyl halides is 2. The van der Waals surface area contributed by atoms with Gasteiger partial charge >= 0.3 is 0 Å². The highest BCUT2D eigenvalue weighted by molar-refractivity contribution is 6.51. The van der Waals surface area contributed by atoms with Gasteiger partial charge in [-0.1, -0.05) is 13.0 Å². The number of allylic oxidation sites excluding steroid dienone is 1. The summed E-state index contributed by atoms with van der Waals surface area (Å²) in [7, 11) is 0. The molecule has 1 rings (SSSR count). The fraction of sp³-hybridized carbons (Fsp3) is 0.714. The van der Waals surface area contributed by atoms with Gasteiger partial charge < -0.3 is 0 Å². The summed E-state index contributed by atoms with van der Waals surface area (Å²) in [5.41, 5.74) is 0.109. The predicted octanol–water partition coefficient (Wildman–Crippen LogP) is 3.15. The summed E-state index contributed by atoms with van der Waals surface area (Å²) in [5, 5.41) is 0.